The molecule has 0 fully saturated rings. The zero-order valence-electron chi connectivity index (χ0n) is 9.43. The van der Waals surface area contributed by atoms with Gasteiger partial charge < -0.3 is 19.8 Å². The van der Waals surface area contributed by atoms with E-state index in [1.165, 1.54) is 0 Å². The normalized spacial score (nSPS) is 13.1. The summed E-state index contributed by atoms with van der Waals surface area (Å²) in [6.45, 7) is 3.59. The van der Waals surface area contributed by atoms with Gasteiger partial charge in [0.15, 0.2) is 5.82 Å². The van der Waals surface area contributed by atoms with Crippen molar-refractivity contribution in [3.8, 4) is 0 Å². The van der Waals surface area contributed by atoms with Crippen LogP contribution in [0.5, 0.6) is 0 Å². The van der Waals surface area contributed by atoms with E-state index in [1.807, 2.05) is 11.5 Å². The first-order valence-electron chi connectivity index (χ1n) is 4.88. The van der Waals surface area contributed by atoms with Crippen molar-refractivity contribution in [3.63, 3.8) is 0 Å². The van der Waals surface area contributed by atoms with Gasteiger partial charge in [-0.05, 0) is 6.92 Å². The molecule has 0 saturated heterocycles. The number of methoxy groups -OCH3 is 2. The van der Waals surface area contributed by atoms with Crippen LogP contribution < -0.4 is 5.73 Å². The number of rotatable bonds is 6. The van der Waals surface area contributed by atoms with E-state index in [0.717, 1.165) is 11.6 Å². The van der Waals surface area contributed by atoms with Crippen molar-refractivity contribution in [3.05, 3.63) is 11.6 Å². The van der Waals surface area contributed by atoms with Gasteiger partial charge in [0, 0.05) is 20.8 Å². The minimum absolute atomic E-state index is 0.0883. The smallest absolute Gasteiger partial charge is 0.162 e. The predicted molar refractivity (Wildman–Crippen MR) is 55.2 cm³/mol. The summed E-state index contributed by atoms with van der Waals surface area (Å²) < 4.78 is 12.2. The van der Waals surface area contributed by atoms with E-state index in [2.05, 4.69) is 10.2 Å². The third-order valence-corrected chi connectivity index (χ3v) is 2.27. The van der Waals surface area contributed by atoms with Crippen molar-refractivity contribution >= 4 is 0 Å². The van der Waals surface area contributed by atoms with Crippen molar-refractivity contribution in [1.29, 1.82) is 0 Å². The minimum Gasteiger partial charge on any atom is -0.383 e. The molecule has 0 saturated carbocycles. The molecule has 1 aromatic heterocycles. The molecule has 6 heteroatoms. The maximum absolute atomic E-state index is 5.57. The molecule has 0 aliphatic carbocycles. The van der Waals surface area contributed by atoms with Gasteiger partial charge >= 0.3 is 0 Å². The Morgan fingerprint density at radius 1 is 1.40 bits per heavy atom. The van der Waals surface area contributed by atoms with Crippen LogP contribution in [-0.2, 0) is 22.6 Å². The van der Waals surface area contributed by atoms with Crippen LogP contribution in [0.3, 0.4) is 0 Å². The lowest BCUT2D eigenvalue weighted by Gasteiger charge is -2.12. The van der Waals surface area contributed by atoms with Gasteiger partial charge in [0.05, 0.1) is 13.2 Å². The quantitative estimate of drug-likeness (QED) is 0.726. The zero-order valence-corrected chi connectivity index (χ0v) is 9.43. The summed E-state index contributed by atoms with van der Waals surface area (Å²) in [5.74, 6) is 1.54. The maximum atomic E-state index is 5.57. The Labute approximate surface area is 89.4 Å². The molecule has 15 heavy (non-hydrogen) atoms. The van der Waals surface area contributed by atoms with Crippen LogP contribution in [0.2, 0.25) is 0 Å². The monoisotopic (exact) mass is 214 g/mol. The molecule has 2 N–H and O–H groups in total. The number of nitrogens with two attached hydrogens (primary N) is 1. The predicted octanol–water partition coefficient (Wildman–Crippen LogP) is 0.0906. The Morgan fingerprint density at radius 2 is 2.13 bits per heavy atom. The van der Waals surface area contributed by atoms with Crippen LogP contribution in [0.4, 0.5) is 0 Å². The summed E-state index contributed by atoms with van der Waals surface area (Å²) in [7, 11) is 3.30. The van der Waals surface area contributed by atoms with Crippen LogP contribution in [0.1, 0.15) is 24.7 Å². The molecule has 1 heterocycles. The van der Waals surface area contributed by atoms with Crippen LogP contribution >= 0.6 is 0 Å². The number of hydrogen-bond donors (Lipinski definition) is 1. The van der Waals surface area contributed by atoms with Gasteiger partial charge in [-0.25, -0.2) is 0 Å². The fourth-order valence-corrected chi connectivity index (χ4v) is 1.33. The van der Waals surface area contributed by atoms with Gasteiger partial charge in [-0.2, -0.15) is 0 Å². The SMILES string of the molecule is COCCn1c(CN)nnc1C(C)OC. The van der Waals surface area contributed by atoms with E-state index in [0.29, 0.717) is 19.7 Å². The second-order valence-electron chi connectivity index (χ2n) is 3.20. The first-order valence-corrected chi connectivity index (χ1v) is 4.88. The molecular formula is C9H18N4O2. The van der Waals surface area contributed by atoms with Gasteiger partial charge in [0.1, 0.15) is 11.9 Å². The van der Waals surface area contributed by atoms with Gasteiger partial charge in [-0.3, -0.25) is 0 Å². The van der Waals surface area contributed by atoms with E-state index in [-0.39, 0.29) is 6.10 Å². The van der Waals surface area contributed by atoms with Crippen LogP contribution in [-0.4, -0.2) is 35.6 Å². The number of ether oxygens (including phenoxy) is 2. The van der Waals surface area contributed by atoms with Gasteiger partial charge in [0.2, 0.25) is 0 Å². The third kappa shape index (κ3) is 2.74. The van der Waals surface area contributed by atoms with Gasteiger partial charge in [0.25, 0.3) is 0 Å². The Kier molecular flexibility index (Phi) is 4.67. The fraction of sp³-hybridized carbons (Fsp3) is 0.778. The highest BCUT2D eigenvalue weighted by Gasteiger charge is 2.15. The summed E-state index contributed by atoms with van der Waals surface area (Å²) in [6, 6.07) is 0. The molecule has 1 aromatic rings. The summed E-state index contributed by atoms with van der Waals surface area (Å²) in [4.78, 5) is 0. The van der Waals surface area contributed by atoms with Crippen molar-refractivity contribution in [2.75, 3.05) is 20.8 Å². The average molecular weight is 214 g/mol. The average Bonchev–Trinajstić information content (AvgIpc) is 2.67. The molecule has 1 rings (SSSR count). The molecule has 0 aromatic carbocycles. The Bertz CT molecular complexity index is 300. The fourth-order valence-electron chi connectivity index (χ4n) is 1.33. The van der Waals surface area contributed by atoms with Crippen LogP contribution in [0.25, 0.3) is 0 Å². The second kappa shape index (κ2) is 5.79. The number of nitrogens with zero attached hydrogens (tertiary/aromatic N) is 3. The third-order valence-electron chi connectivity index (χ3n) is 2.27. The Morgan fingerprint density at radius 3 is 2.67 bits per heavy atom. The van der Waals surface area contributed by atoms with E-state index in [4.69, 9.17) is 15.2 Å². The highest BCUT2D eigenvalue weighted by Crippen LogP contribution is 2.14. The largest absolute Gasteiger partial charge is 0.383 e. The highest BCUT2D eigenvalue weighted by molar-refractivity contribution is 4.98. The standard InChI is InChI=1S/C9H18N4O2/c1-7(15-3)9-12-11-8(6-10)13(9)4-5-14-2/h7H,4-6,10H2,1-3H3. The summed E-state index contributed by atoms with van der Waals surface area (Å²) in [5, 5.41) is 8.07. The molecule has 0 radical (unpaired) electrons. The molecule has 0 spiro atoms. The highest BCUT2D eigenvalue weighted by atomic mass is 16.5. The van der Waals surface area contributed by atoms with Crippen molar-refractivity contribution in [1.82, 2.24) is 14.8 Å². The number of hydrogen-bond acceptors (Lipinski definition) is 5. The van der Waals surface area contributed by atoms with E-state index >= 15 is 0 Å². The van der Waals surface area contributed by atoms with Crippen LogP contribution in [0, 0.1) is 0 Å². The second-order valence-corrected chi connectivity index (χ2v) is 3.20. The molecule has 1 atom stereocenters. The number of aromatic nitrogens is 3. The van der Waals surface area contributed by atoms with Gasteiger partial charge in [-0.15, -0.1) is 10.2 Å². The maximum Gasteiger partial charge on any atom is 0.162 e. The van der Waals surface area contributed by atoms with Crippen molar-refractivity contribution < 1.29 is 9.47 Å². The van der Waals surface area contributed by atoms with E-state index in [1.54, 1.807) is 14.2 Å². The lowest BCUT2D eigenvalue weighted by atomic mass is 10.3. The lowest BCUT2D eigenvalue weighted by molar-refractivity contribution is 0.105. The van der Waals surface area contributed by atoms with E-state index in [9.17, 15) is 0 Å². The van der Waals surface area contributed by atoms with Crippen molar-refractivity contribution in [2.24, 2.45) is 5.73 Å². The van der Waals surface area contributed by atoms with Crippen LogP contribution in [0.15, 0.2) is 0 Å². The Hall–Kier alpha value is -0.980. The van der Waals surface area contributed by atoms with Crippen molar-refractivity contribution in [2.45, 2.75) is 26.1 Å². The molecule has 0 aliphatic heterocycles. The van der Waals surface area contributed by atoms with Gasteiger partial charge in [-0.1, -0.05) is 0 Å². The topological polar surface area (TPSA) is 75.2 Å². The zero-order chi connectivity index (χ0) is 11.3. The Balaban J connectivity index is 2.89. The molecule has 1 unspecified atom stereocenters. The lowest BCUT2D eigenvalue weighted by Crippen LogP contribution is -2.16. The minimum atomic E-state index is -0.0883. The summed E-state index contributed by atoms with van der Waals surface area (Å²) in [6.07, 6.45) is -0.0883. The molecular weight excluding hydrogens is 196 g/mol. The molecule has 0 bridgehead atoms. The van der Waals surface area contributed by atoms with E-state index < -0.39 is 0 Å². The molecule has 0 amide bonds. The summed E-state index contributed by atoms with van der Waals surface area (Å²) >= 11 is 0. The first kappa shape index (κ1) is 12.1. The molecule has 86 valence electrons. The molecule has 0 aliphatic rings. The summed E-state index contributed by atoms with van der Waals surface area (Å²) in [5.41, 5.74) is 5.57. The first-order chi connectivity index (χ1) is 7.24. The molecule has 6 nitrogen and oxygen atoms in total.